The number of nitrogens with one attached hydrogen (secondary N) is 1. The molecule has 0 unspecified atom stereocenters. The summed E-state index contributed by atoms with van der Waals surface area (Å²) in [6, 6.07) is 15.4. The number of benzene rings is 2. The molecule has 0 spiro atoms. The van der Waals surface area contributed by atoms with Crippen LogP contribution < -0.4 is 14.8 Å². The third-order valence-electron chi connectivity index (χ3n) is 3.28. The molecule has 1 heterocycles. The van der Waals surface area contributed by atoms with Gasteiger partial charge in [-0.25, -0.2) is 0 Å². The lowest BCUT2D eigenvalue weighted by Crippen LogP contribution is -2.41. The molecular weight excluding hydrogens is 378 g/mol. The number of rotatable bonds is 5. The van der Waals surface area contributed by atoms with E-state index in [9.17, 15) is 4.79 Å². The van der Waals surface area contributed by atoms with E-state index in [2.05, 4.69) is 21.2 Å². The molecule has 120 valence electrons. The summed E-state index contributed by atoms with van der Waals surface area (Å²) in [5.41, 5.74) is 0. The quantitative estimate of drug-likeness (QED) is 0.789. The predicted molar refractivity (Wildman–Crippen MR) is 94.2 cm³/mol. The van der Waals surface area contributed by atoms with Crippen molar-refractivity contribution in [3.8, 4) is 11.5 Å². The van der Waals surface area contributed by atoms with Crippen molar-refractivity contribution in [3.63, 3.8) is 0 Å². The Morgan fingerprint density at radius 1 is 1.17 bits per heavy atom. The van der Waals surface area contributed by atoms with Crippen LogP contribution in [0.2, 0.25) is 0 Å². The lowest BCUT2D eigenvalue weighted by molar-refractivity contribution is -0.119. The first-order valence-corrected chi connectivity index (χ1v) is 9.02. The minimum absolute atomic E-state index is 0.0135. The van der Waals surface area contributed by atoms with Gasteiger partial charge < -0.3 is 14.8 Å². The summed E-state index contributed by atoms with van der Waals surface area (Å²) in [5.74, 6) is 1.84. The van der Waals surface area contributed by atoms with Crippen LogP contribution in [0.5, 0.6) is 11.5 Å². The van der Waals surface area contributed by atoms with Crippen LogP contribution >= 0.6 is 27.7 Å². The fraction of sp³-hybridized carbons (Fsp3) is 0.235. The molecule has 2 aromatic carbocycles. The molecule has 1 amide bonds. The lowest BCUT2D eigenvalue weighted by atomic mass is 10.2. The highest BCUT2D eigenvalue weighted by Crippen LogP contribution is 2.30. The molecule has 0 saturated carbocycles. The molecule has 1 aliphatic heterocycles. The predicted octanol–water partition coefficient (Wildman–Crippen LogP) is 3.50. The normalized spacial score (nSPS) is 16.0. The van der Waals surface area contributed by atoms with Crippen molar-refractivity contribution in [1.82, 2.24) is 5.32 Å². The summed E-state index contributed by atoms with van der Waals surface area (Å²) in [6.07, 6.45) is -0.161. The van der Waals surface area contributed by atoms with Crippen LogP contribution in [0.15, 0.2) is 57.9 Å². The zero-order valence-corrected chi connectivity index (χ0v) is 14.7. The smallest absolute Gasteiger partial charge is 0.230 e. The molecular formula is C17H16BrNO3S. The van der Waals surface area contributed by atoms with Crippen molar-refractivity contribution in [1.29, 1.82) is 0 Å². The average Bonchev–Trinajstić information content (AvgIpc) is 2.59. The van der Waals surface area contributed by atoms with Crippen LogP contribution in [0, 0.1) is 0 Å². The van der Waals surface area contributed by atoms with Gasteiger partial charge in [0.25, 0.3) is 0 Å². The van der Waals surface area contributed by atoms with Gasteiger partial charge in [0.1, 0.15) is 12.7 Å². The van der Waals surface area contributed by atoms with Gasteiger partial charge in [-0.2, -0.15) is 0 Å². The molecule has 6 heteroatoms. The number of para-hydroxylation sites is 2. The Kier molecular flexibility index (Phi) is 5.46. The van der Waals surface area contributed by atoms with Gasteiger partial charge in [-0.15, -0.1) is 11.8 Å². The van der Waals surface area contributed by atoms with E-state index in [4.69, 9.17) is 9.47 Å². The third kappa shape index (κ3) is 4.65. The molecule has 0 saturated heterocycles. The second kappa shape index (κ2) is 7.75. The number of hydrogen-bond donors (Lipinski definition) is 1. The van der Waals surface area contributed by atoms with E-state index in [-0.39, 0.29) is 12.0 Å². The summed E-state index contributed by atoms with van der Waals surface area (Å²) in [6.45, 7) is 0.880. The van der Waals surface area contributed by atoms with E-state index in [0.717, 1.165) is 20.9 Å². The summed E-state index contributed by atoms with van der Waals surface area (Å²) in [7, 11) is 0. The highest BCUT2D eigenvalue weighted by molar-refractivity contribution is 9.10. The Morgan fingerprint density at radius 3 is 2.70 bits per heavy atom. The molecule has 2 aromatic rings. The third-order valence-corrected chi connectivity index (χ3v) is 4.82. The first-order valence-electron chi connectivity index (χ1n) is 7.24. The SMILES string of the molecule is O=C(CSc1ccc(Br)cc1)NC[C@H]1COc2ccccc2O1. The van der Waals surface area contributed by atoms with Gasteiger partial charge in [-0.3, -0.25) is 4.79 Å². The van der Waals surface area contributed by atoms with Crippen LogP contribution in [-0.4, -0.2) is 30.9 Å². The van der Waals surface area contributed by atoms with E-state index in [1.807, 2.05) is 48.5 Å². The molecule has 0 aliphatic carbocycles. The molecule has 0 radical (unpaired) electrons. The Labute approximate surface area is 147 Å². The Bertz CT molecular complexity index is 678. The maximum atomic E-state index is 11.9. The van der Waals surface area contributed by atoms with Gasteiger partial charge in [0.2, 0.25) is 5.91 Å². The van der Waals surface area contributed by atoms with Crippen LogP contribution in [0.3, 0.4) is 0 Å². The van der Waals surface area contributed by atoms with Crippen LogP contribution in [0.4, 0.5) is 0 Å². The number of fused-ring (bicyclic) bond motifs is 1. The molecule has 0 fully saturated rings. The van der Waals surface area contributed by atoms with Crippen LogP contribution in [-0.2, 0) is 4.79 Å². The van der Waals surface area contributed by atoms with Crippen molar-refractivity contribution in [2.24, 2.45) is 0 Å². The summed E-state index contributed by atoms with van der Waals surface area (Å²) in [4.78, 5) is 13.0. The zero-order chi connectivity index (χ0) is 16.1. The first-order chi connectivity index (χ1) is 11.2. The maximum absolute atomic E-state index is 11.9. The molecule has 1 N–H and O–H groups in total. The van der Waals surface area contributed by atoms with Crippen molar-refractivity contribution in [2.75, 3.05) is 18.9 Å². The largest absolute Gasteiger partial charge is 0.486 e. The van der Waals surface area contributed by atoms with Gasteiger partial charge in [0.15, 0.2) is 11.5 Å². The monoisotopic (exact) mass is 393 g/mol. The minimum atomic E-state index is -0.161. The van der Waals surface area contributed by atoms with Crippen molar-refractivity contribution in [3.05, 3.63) is 53.0 Å². The van der Waals surface area contributed by atoms with Crippen molar-refractivity contribution in [2.45, 2.75) is 11.0 Å². The lowest BCUT2D eigenvalue weighted by Gasteiger charge is -2.26. The Morgan fingerprint density at radius 2 is 1.91 bits per heavy atom. The van der Waals surface area contributed by atoms with E-state index in [0.29, 0.717) is 18.9 Å². The minimum Gasteiger partial charge on any atom is -0.486 e. The average molecular weight is 394 g/mol. The number of carbonyl (C=O) groups is 1. The van der Waals surface area contributed by atoms with Gasteiger partial charge in [0.05, 0.1) is 12.3 Å². The maximum Gasteiger partial charge on any atom is 0.230 e. The molecule has 3 rings (SSSR count). The summed E-state index contributed by atoms with van der Waals surface area (Å²) < 4.78 is 12.5. The number of hydrogen-bond acceptors (Lipinski definition) is 4. The van der Waals surface area contributed by atoms with E-state index in [1.165, 1.54) is 11.8 Å². The summed E-state index contributed by atoms with van der Waals surface area (Å²) >= 11 is 4.90. The number of amides is 1. The number of carbonyl (C=O) groups excluding carboxylic acids is 1. The molecule has 0 bridgehead atoms. The molecule has 0 aromatic heterocycles. The van der Waals surface area contributed by atoms with Gasteiger partial charge in [-0.1, -0.05) is 28.1 Å². The number of halogens is 1. The van der Waals surface area contributed by atoms with E-state index >= 15 is 0 Å². The molecule has 23 heavy (non-hydrogen) atoms. The second-order valence-electron chi connectivity index (χ2n) is 5.04. The number of ether oxygens (including phenoxy) is 2. The Hall–Kier alpha value is -1.66. The fourth-order valence-electron chi connectivity index (χ4n) is 2.12. The van der Waals surface area contributed by atoms with Gasteiger partial charge in [0, 0.05) is 9.37 Å². The summed E-state index contributed by atoms with van der Waals surface area (Å²) in [5, 5.41) is 2.89. The molecule has 4 nitrogen and oxygen atoms in total. The van der Waals surface area contributed by atoms with Gasteiger partial charge >= 0.3 is 0 Å². The van der Waals surface area contributed by atoms with E-state index in [1.54, 1.807) is 0 Å². The first kappa shape index (κ1) is 16.2. The Balaban J connectivity index is 1.42. The zero-order valence-electron chi connectivity index (χ0n) is 12.3. The van der Waals surface area contributed by atoms with E-state index < -0.39 is 0 Å². The standard InChI is InChI=1S/C17H16BrNO3S/c18-12-5-7-14(8-6-12)23-11-17(20)19-9-13-10-21-15-3-1-2-4-16(15)22-13/h1-8,13H,9-11H2,(H,19,20)/t13-/m0/s1. The van der Waals surface area contributed by atoms with Crippen LogP contribution in [0.1, 0.15) is 0 Å². The fourth-order valence-corrected chi connectivity index (χ4v) is 3.11. The number of thioether (sulfide) groups is 1. The molecule has 1 aliphatic rings. The highest BCUT2D eigenvalue weighted by Gasteiger charge is 2.20. The topological polar surface area (TPSA) is 47.6 Å². The van der Waals surface area contributed by atoms with Crippen LogP contribution in [0.25, 0.3) is 0 Å². The van der Waals surface area contributed by atoms with Crippen molar-refractivity contribution < 1.29 is 14.3 Å². The second-order valence-corrected chi connectivity index (χ2v) is 7.01. The van der Waals surface area contributed by atoms with Crippen molar-refractivity contribution >= 4 is 33.6 Å². The van der Waals surface area contributed by atoms with Gasteiger partial charge in [-0.05, 0) is 36.4 Å². The molecule has 1 atom stereocenters. The highest BCUT2D eigenvalue weighted by atomic mass is 79.9.